The first kappa shape index (κ1) is 17.0. The molecule has 25 heavy (non-hydrogen) atoms. The Morgan fingerprint density at radius 1 is 1.12 bits per heavy atom. The Morgan fingerprint density at radius 3 is 2.72 bits per heavy atom. The lowest BCUT2D eigenvalue weighted by atomic mass is 10.1. The van der Waals surface area contributed by atoms with Crippen LogP contribution in [-0.2, 0) is 17.8 Å². The molecule has 1 aromatic heterocycles. The third kappa shape index (κ3) is 4.58. The molecule has 0 atom stereocenters. The third-order valence-corrected chi connectivity index (χ3v) is 4.02. The predicted molar refractivity (Wildman–Crippen MR) is 102 cm³/mol. The van der Waals surface area contributed by atoms with Crippen molar-refractivity contribution in [2.45, 2.75) is 19.9 Å². The number of thiocarbonyl (C=S) groups is 1. The van der Waals surface area contributed by atoms with Crippen molar-refractivity contribution >= 4 is 34.2 Å². The summed E-state index contributed by atoms with van der Waals surface area (Å²) in [5.41, 5.74) is 9.17. The van der Waals surface area contributed by atoms with E-state index in [-0.39, 0.29) is 12.3 Å². The van der Waals surface area contributed by atoms with Gasteiger partial charge < -0.3 is 9.73 Å². The van der Waals surface area contributed by atoms with Gasteiger partial charge in [0.25, 0.3) is 0 Å². The van der Waals surface area contributed by atoms with Crippen molar-refractivity contribution in [1.29, 1.82) is 0 Å². The number of rotatable bonds is 4. The van der Waals surface area contributed by atoms with Crippen molar-refractivity contribution in [2.75, 3.05) is 0 Å². The second kappa shape index (κ2) is 7.81. The molecule has 2 aromatic carbocycles. The van der Waals surface area contributed by atoms with Crippen molar-refractivity contribution in [3.8, 4) is 0 Å². The zero-order valence-electron chi connectivity index (χ0n) is 13.8. The molecule has 0 aliphatic rings. The van der Waals surface area contributed by atoms with Gasteiger partial charge in [-0.25, -0.2) is 0 Å². The number of aryl methyl sites for hydroxylation is 1. The Morgan fingerprint density at radius 2 is 1.92 bits per heavy atom. The molecule has 5 nitrogen and oxygen atoms in total. The second-order valence-electron chi connectivity index (χ2n) is 5.78. The highest BCUT2D eigenvalue weighted by Crippen LogP contribution is 2.22. The molecule has 0 radical (unpaired) electrons. The molecule has 0 bridgehead atoms. The third-order valence-electron chi connectivity index (χ3n) is 3.77. The number of carbonyl (C=O) groups excluding carboxylic acids is 1. The molecule has 1 amide bonds. The number of nitrogens with one attached hydrogen (secondary N) is 3. The molecule has 0 aliphatic heterocycles. The molecular formula is C19H19N3O2S. The highest BCUT2D eigenvalue weighted by molar-refractivity contribution is 7.80. The summed E-state index contributed by atoms with van der Waals surface area (Å²) in [4.78, 5) is 12.1. The predicted octanol–water partition coefficient (Wildman–Crippen LogP) is 2.98. The van der Waals surface area contributed by atoms with Gasteiger partial charge in [-0.1, -0.05) is 42.5 Å². The van der Waals surface area contributed by atoms with Gasteiger partial charge >= 0.3 is 0 Å². The standard InChI is InChI=1S/C19H19N3O2S/c1-13-7-8-16-15(12-24-17(16)9-13)10-18(23)21-22-19(25)20-11-14-5-3-2-4-6-14/h2-9,12H,10-11H2,1H3,(H,21,23)(H2,20,22,25). The first-order valence-corrected chi connectivity index (χ1v) is 8.36. The van der Waals surface area contributed by atoms with Gasteiger partial charge in [0.2, 0.25) is 5.91 Å². The van der Waals surface area contributed by atoms with E-state index in [2.05, 4.69) is 16.2 Å². The lowest BCUT2D eigenvalue weighted by Crippen LogP contribution is -2.47. The number of fused-ring (bicyclic) bond motifs is 1. The van der Waals surface area contributed by atoms with Gasteiger partial charge in [0, 0.05) is 17.5 Å². The molecule has 6 heteroatoms. The molecule has 0 unspecified atom stereocenters. The Labute approximate surface area is 151 Å². The molecule has 3 N–H and O–H groups in total. The summed E-state index contributed by atoms with van der Waals surface area (Å²) in [5, 5.41) is 4.35. The Bertz CT molecular complexity index is 890. The zero-order valence-corrected chi connectivity index (χ0v) is 14.7. The fourth-order valence-electron chi connectivity index (χ4n) is 2.49. The summed E-state index contributed by atoms with van der Waals surface area (Å²) < 4.78 is 5.51. The fraction of sp³-hybridized carbons (Fsp3) is 0.158. The maximum atomic E-state index is 12.1. The van der Waals surface area contributed by atoms with Crippen LogP contribution in [0.3, 0.4) is 0 Å². The van der Waals surface area contributed by atoms with Crippen LogP contribution in [0.4, 0.5) is 0 Å². The van der Waals surface area contributed by atoms with Crippen LogP contribution in [0.15, 0.2) is 59.2 Å². The minimum absolute atomic E-state index is 0.188. The number of hydrazine groups is 1. The molecule has 0 spiro atoms. The van der Waals surface area contributed by atoms with Crippen LogP contribution in [0.2, 0.25) is 0 Å². The van der Waals surface area contributed by atoms with E-state index in [4.69, 9.17) is 16.6 Å². The summed E-state index contributed by atoms with van der Waals surface area (Å²) in [6, 6.07) is 15.8. The maximum Gasteiger partial charge on any atom is 0.242 e. The van der Waals surface area contributed by atoms with Crippen LogP contribution in [-0.4, -0.2) is 11.0 Å². The molecule has 3 aromatic rings. The van der Waals surface area contributed by atoms with Crippen LogP contribution in [0.25, 0.3) is 11.0 Å². The van der Waals surface area contributed by atoms with Crippen LogP contribution in [0.1, 0.15) is 16.7 Å². The van der Waals surface area contributed by atoms with Gasteiger partial charge in [0.15, 0.2) is 5.11 Å². The highest BCUT2D eigenvalue weighted by Gasteiger charge is 2.10. The minimum atomic E-state index is -0.188. The van der Waals surface area contributed by atoms with Gasteiger partial charge in [-0.15, -0.1) is 0 Å². The summed E-state index contributed by atoms with van der Waals surface area (Å²) in [6.45, 7) is 2.59. The average Bonchev–Trinajstić information content (AvgIpc) is 3.01. The molecule has 128 valence electrons. The summed E-state index contributed by atoms with van der Waals surface area (Å²) in [7, 11) is 0. The molecule has 0 saturated carbocycles. The minimum Gasteiger partial charge on any atom is -0.464 e. The molecule has 0 saturated heterocycles. The Hall–Kier alpha value is -2.86. The van der Waals surface area contributed by atoms with E-state index >= 15 is 0 Å². The van der Waals surface area contributed by atoms with E-state index in [1.807, 2.05) is 55.5 Å². The summed E-state index contributed by atoms with van der Waals surface area (Å²) >= 11 is 5.16. The maximum absolute atomic E-state index is 12.1. The molecule has 3 rings (SSSR count). The zero-order chi connectivity index (χ0) is 17.6. The molecule has 0 aliphatic carbocycles. The van der Waals surface area contributed by atoms with Crippen LogP contribution in [0, 0.1) is 6.92 Å². The van der Waals surface area contributed by atoms with Crippen molar-refractivity contribution in [2.24, 2.45) is 0 Å². The summed E-state index contributed by atoms with van der Waals surface area (Å²) in [6.07, 6.45) is 1.83. The monoisotopic (exact) mass is 353 g/mol. The van der Waals surface area contributed by atoms with Gasteiger partial charge in [-0.2, -0.15) is 0 Å². The topological polar surface area (TPSA) is 66.3 Å². The smallest absolute Gasteiger partial charge is 0.242 e. The Kier molecular flexibility index (Phi) is 5.30. The molecular weight excluding hydrogens is 334 g/mol. The van der Waals surface area contributed by atoms with Crippen LogP contribution < -0.4 is 16.2 Å². The molecule has 0 fully saturated rings. The van der Waals surface area contributed by atoms with Gasteiger partial charge in [0.1, 0.15) is 5.58 Å². The second-order valence-corrected chi connectivity index (χ2v) is 6.19. The van der Waals surface area contributed by atoms with E-state index in [9.17, 15) is 4.79 Å². The van der Waals surface area contributed by atoms with Gasteiger partial charge in [-0.3, -0.25) is 15.6 Å². The van der Waals surface area contributed by atoms with Crippen molar-refractivity contribution in [1.82, 2.24) is 16.2 Å². The number of hydrogen-bond acceptors (Lipinski definition) is 3. The van der Waals surface area contributed by atoms with Gasteiger partial charge in [-0.05, 0) is 36.3 Å². The number of hydrogen-bond donors (Lipinski definition) is 3. The van der Waals surface area contributed by atoms with Crippen LogP contribution in [0.5, 0.6) is 0 Å². The highest BCUT2D eigenvalue weighted by atomic mass is 32.1. The fourth-order valence-corrected chi connectivity index (χ4v) is 2.62. The van der Waals surface area contributed by atoms with E-state index in [1.54, 1.807) is 6.26 Å². The van der Waals surface area contributed by atoms with E-state index in [0.717, 1.165) is 27.7 Å². The Balaban J connectivity index is 1.48. The summed E-state index contributed by atoms with van der Waals surface area (Å²) in [5.74, 6) is -0.188. The quantitative estimate of drug-likeness (QED) is 0.497. The lowest BCUT2D eigenvalue weighted by Gasteiger charge is -2.11. The first-order chi connectivity index (χ1) is 12.1. The number of amides is 1. The van der Waals surface area contributed by atoms with E-state index < -0.39 is 0 Å². The first-order valence-electron chi connectivity index (χ1n) is 7.95. The normalized spacial score (nSPS) is 10.4. The van der Waals surface area contributed by atoms with Crippen LogP contribution >= 0.6 is 12.2 Å². The number of benzene rings is 2. The largest absolute Gasteiger partial charge is 0.464 e. The van der Waals surface area contributed by atoms with E-state index in [1.165, 1.54) is 0 Å². The van der Waals surface area contributed by atoms with Gasteiger partial charge in [0.05, 0.1) is 12.7 Å². The van der Waals surface area contributed by atoms with Crippen molar-refractivity contribution < 1.29 is 9.21 Å². The average molecular weight is 353 g/mol. The van der Waals surface area contributed by atoms with Crippen molar-refractivity contribution in [3.63, 3.8) is 0 Å². The number of carbonyl (C=O) groups is 1. The lowest BCUT2D eigenvalue weighted by molar-refractivity contribution is -0.121. The van der Waals surface area contributed by atoms with E-state index in [0.29, 0.717) is 11.7 Å². The SMILES string of the molecule is Cc1ccc2c(CC(=O)NNC(=S)NCc3ccccc3)coc2c1. The number of furan rings is 1. The molecule has 1 heterocycles. The van der Waals surface area contributed by atoms with Crippen molar-refractivity contribution in [3.05, 3.63) is 71.5 Å².